The average Bonchev–Trinajstić information content (AvgIpc) is 2.04. The number of nitrogens with zero attached hydrogens (tertiary/aromatic N) is 1. The van der Waals surface area contributed by atoms with Crippen molar-refractivity contribution in [1.29, 1.82) is 0 Å². The molecule has 0 aromatic carbocycles. The van der Waals surface area contributed by atoms with Crippen LogP contribution in [0.1, 0.15) is 13.8 Å². The van der Waals surface area contributed by atoms with Crippen LogP contribution in [0.25, 0.3) is 0 Å². The van der Waals surface area contributed by atoms with E-state index < -0.39 is 0 Å². The van der Waals surface area contributed by atoms with E-state index in [1.807, 2.05) is 6.21 Å². The lowest BCUT2D eigenvalue weighted by molar-refractivity contribution is 0.610. The maximum atomic E-state index is 4.36. The Morgan fingerprint density at radius 1 is 1.42 bits per heavy atom. The number of aliphatic imine (C=N–C) groups is 1. The van der Waals surface area contributed by atoms with E-state index in [9.17, 15) is 0 Å². The molecule has 0 amide bonds. The Hall–Kier alpha value is -1.11. The molecule has 0 aromatic heterocycles. The predicted octanol–water partition coefficient (Wildman–Crippen LogP) is 2.52. The van der Waals surface area contributed by atoms with Gasteiger partial charge in [-0.2, -0.15) is 0 Å². The van der Waals surface area contributed by atoms with Crippen LogP contribution < -0.4 is 0 Å². The summed E-state index contributed by atoms with van der Waals surface area (Å²) in [5.74, 6) is 0.513. The van der Waals surface area contributed by atoms with Gasteiger partial charge < -0.3 is 0 Å². The largest absolute Gasteiger partial charge is 0.289 e. The van der Waals surface area contributed by atoms with E-state index in [0.29, 0.717) is 12.0 Å². The van der Waals surface area contributed by atoms with Crippen molar-refractivity contribution in [2.24, 2.45) is 10.9 Å². The summed E-state index contributed by atoms with van der Waals surface area (Å²) in [6, 6.07) is 0.408. The highest BCUT2D eigenvalue weighted by Gasteiger charge is 2.20. The molecule has 2 atom stereocenters. The minimum Gasteiger partial charge on any atom is -0.289 e. The molecule has 0 saturated heterocycles. The number of dihydropyridines is 1. The lowest BCUT2D eigenvalue weighted by Crippen LogP contribution is -2.19. The van der Waals surface area contributed by atoms with Gasteiger partial charge in [-0.25, -0.2) is 0 Å². The molecule has 2 unspecified atom stereocenters. The van der Waals surface area contributed by atoms with Crippen LogP contribution in [0.5, 0.6) is 0 Å². The highest BCUT2D eigenvalue weighted by molar-refractivity contribution is 5.75. The molecule has 0 spiro atoms. The van der Waals surface area contributed by atoms with Crippen LogP contribution in [0.2, 0.25) is 0 Å². The number of allylic oxidation sites excluding steroid dienone is 4. The summed E-state index contributed by atoms with van der Waals surface area (Å²) in [6.07, 6.45) is 10.7. The molecule has 0 fully saturated rings. The van der Waals surface area contributed by atoms with Crippen LogP contribution in [0.3, 0.4) is 0 Å². The normalized spacial score (nSPS) is 32.5. The maximum absolute atomic E-state index is 4.36. The molecule has 0 radical (unpaired) electrons. The summed E-state index contributed by atoms with van der Waals surface area (Å²) < 4.78 is 0. The molecular formula is C11H13N. The van der Waals surface area contributed by atoms with Gasteiger partial charge in [0.25, 0.3) is 0 Å². The Labute approximate surface area is 73.2 Å². The first kappa shape index (κ1) is 7.53. The fraction of sp³-hybridized carbons (Fsp3) is 0.364. The lowest BCUT2D eigenvalue weighted by atomic mass is 9.85. The van der Waals surface area contributed by atoms with E-state index in [0.717, 1.165) is 0 Å². The summed E-state index contributed by atoms with van der Waals surface area (Å²) >= 11 is 0. The van der Waals surface area contributed by atoms with Crippen molar-refractivity contribution < 1.29 is 0 Å². The molecule has 1 aliphatic heterocycles. The van der Waals surface area contributed by atoms with E-state index in [-0.39, 0.29) is 0 Å². The van der Waals surface area contributed by atoms with Gasteiger partial charge in [0.1, 0.15) is 0 Å². The number of hydrogen-bond donors (Lipinski definition) is 0. The standard InChI is InChI=1S/C11H13N/c1-8-3-4-11-9(2)12-6-5-10(11)7-8/h3-7,9,11H,1-2H3. The quantitative estimate of drug-likeness (QED) is 0.515. The third kappa shape index (κ3) is 1.15. The average molecular weight is 159 g/mol. The van der Waals surface area contributed by atoms with Crippen molar-refractivity contribution >= 4 is 6.21 Å². The van der Waals surface area contributed by atoms with Crippen molar-refractivity contribution in [3.8, 4) is 0 Å². The van der Waals surface area contributed by atoms with Gasteiger partial charge in [-0.05, 0) is 25.5 Å². The Morgan fingerprint density at radius 3 is 3.08 bits per heavy atom. The second-order valence-corrected chi connectivity index (χ2v) is 3.48. The molecule has 12 heavy (non-hydrogen) atoms. The van der Waals surface area contributed by atoms with Crippen LogP contribution in [0, 0.1) is 5.92 Å². The molecule has 0 aromatic rings. The van der Waals surface area contributed by atoms with Crippen molar-refractivity contribution in [3.05, 3.63) is 35.5 Å². The third-order valence-corrected chi connectivity index (χ3v) is 2.45. The highest BCUT2D eigenvalue weighted by atomic mass is 14.8. The van der Waals surface area contributed by atoms with Crippen LogP contribution in [0.15, 0.2) is 40.4 Å². The van der Waals surface area contributed by atoms with Gasteiger partial charge in [-0.1, -0.05) is 23.8 Å². The topological polar surface area (TPSA) is 12.4 Å². The second-order valence-electron chi connectivity index (χ2n) is 3.48. The molecule has 1 heteroatoms. The first-order valence-electron chi connectivity index (χ1n) is 4.37. The van der Waals surface area contributed by atoms with E-state index in [1.165, 1.54) is 11.1 Å². The Morgan fingerprint density at radius 2 is 2.25 bits per heavy atom. The first-order valence-corrected chi connectivity index (χ1v) is 4.37. The minimum absolute atomic E-state index is 0.408. The monoisotopic (exact) mass is 159 g/mol. The summed E-state index contributed by atoms with van der Waals surface area (Å²) in [5.41, 5.74) is 2.73. The van der Waals surface area contributed by atoms with Gasteiger partial charge in [0, 0.05) is 12.1 Å². The molecule has 2 aliphatic rings. The van der Waals surface area contributed by atoms with Crippen LogP contribution in [0.4, 0.5) is 0 Å². The van der Waals surface area contributed by atoms with Crippen LogP contribution >= 0.6 is 0 Å². The Balaban J connectivity index is 2.37. The van der Waals surface area contributed by atoms with Crippen LogP contribution in [-0.4, -0.2) is 12.3 Å². The van der Waals surface area contributed by atoms with Crippen molar-refractivity contribution in [2.75, 3.05) is 0 Å². The second kappa shape index (κ2) is 2.74. The molecular weight excluding hydrogens is 146 g/mol. The predicted molar refractivity (Wildman–Crippen MR) is 52.4 cm³/mol. The zero-order valence-corrected chi connectivity index (χ0v) is 7.49. The number of fused-ring (bicyclic) bond motifs is 1. The molecule has 0 bridgehead atoms. The van der Waals surface area contributed by atoms with E-state index in [2.05, 4.69) is 43.1 Å². The van der Waals surface area contributed by atoms with E-state index >= 15 is 0 Å². The van der Waals surface area contributed by atoms with Gasteiger partial charge in [0.05, 0.1) is 6.04 Å². The zero-order chi connectivity index (χ0) is 8.55. The van der Waals surface area contributed by atoms with Gasteiger partial charge in [-0.3, -0.25) is 4.99 Å². The maximum Gasteiger partial charge on any atom is 0.0574 e. The summed E-state index contributed by atoms with van der Waals surface area (Å²) in [5, 5.41) is 0. The first-order chi connectivity index (χ1) is 5.77. The zero-order valence-electron chi connectivity index (χ0n) is 7.49. The summed E-state index contributed by atoms with van der Waals surface area (Å²) in [4.78, 5) is 4.36. The molecule has 1 aliphatic carbocycles. The van der Waals surface area contributed by atoms with Crippen molar-refractivity contribution in [1.82, 2.24) is 0 Å². The minimum atomic E-state index is 0.408. The third-order valence-electron chi connectivity index (χ3n) is 2.45. The van der Waals surface area contributed by atoms with Gasteiger partial charge in [0.2, 0.25) is 0 Å². The van der Waals surface area contributed by atoms with Crippen molar-refractivity contribution in [2.45, 2.75) is 19.9 Å². The molecule has 0 N–H and O–H groups in total. The smallest absolute Gasteiger partial charge is 0.0574 e. The Kier molecular flexibility index (Phi) is 1.72. The van der Waals surface area contributed by atoms with E-state index in [4.69, 9.17) is 0 Å². The Bertz CT molecular complexity index is 305. The fourth-order valence-electron chi connectivity index (χ4n) is 1.73. The molecule has 1 heterocycles. The van der Waals surface area contributed by atoms with E-state index in [1.54, 1.807) is 0 Å². The lowest BCUT2D eigenvalue weighted by Gasteiger charge is -2.24. The molecule has 2 rings (SSSR count). The molecule has 0 saturated carbocycles. The molecule has 62 valence electrons. The number of hydrogen-bond acceptors (Lipinski definition) is 1. The highest BCUT2D eigenvalue weighted by Crippen LogP contribution is 2.28. The molecule has 1 nitrogen and oxygen atoms in total. The fourth-order valence-corrected chi connectivity index (χ4v) is 1.73. The summed E-state index contributed by atoms with van der Waals surface area (Å²) in [7, 11) is 0. The van der Waals surface area contributed by atoms with Crippen molar-refractivity contribution in [3.63, 3.8) is 0 Å². The SMILES string of the molecule is CC1=CC2=CC=NC(C)C2C=C1. The van der Waals surface area contributed by atoms with Gasteiger partial charge >= 0.3 is 0 Å². The van der Waals surface area contributed by atoms with Crippen LogP contribution in [-0.2, 0) is 0 Å². The van der Waals surface area contributed by atoms with Gasteiger partial charge in [-0.15, -0.1) is 0 Å². The van der Waals surface area contributed by atoms with Gasteiger partial charge in [0.15, 0.2) is 0 Å². The number of rotatable bonds is 0. The summed E-state index contributed by atoms with van der Waals surface area (Å²) in [6.45, 7) is 4.29.